The van der Waals surface area contributed by atoms with E-state index in [1.807, 2.05) is 0 Å². The third-order valence-corrected chi connectivity index (χ3v) is 5.82. The lowest BCUT2D eigenvalue weighted by molar-refractivity contribution is 0.492. The Morgan fingerprint density at radius 2 is 1.38 bits per heavy atom. The fourth-order valence-electron chi connectivity index (χ4n) is 4.34. The summed E-state index contributed by atoms with van der Waals surface area (Å²) in [4.78, 5) is 21.8. The highest BCUT2D eigenvalue weighted by Crippen LogP contribution is 2.38. The van der Waals surface area contributed by atoms with Crippen molar-refractivity contribution in [2.75, 3.05) is 0 Å². The Bertz CT molecular complexity index is 1280. The average molecular weight is 380 g/mol. The number of hydrogen-bond acceptors (Lipinski definition) is 3. The van der Waals surface area contributed by atoms with E-state index < -0.39 is 11.3 Å². The van der Waals surface area contributed by atoms with E-state index in [1.54, 1.807) is 35.4 Å². The van der Waals surface area contributed by atoms with Crippen LogP contribution < -0.4 is 11.3 Å². The molecule has 2 bridgehead atoms. The van der Waals surface area contributed by atoms with Crippen molar-refractivity contribution in [2.45, 2.75) is 25.7 Å². The van der Waals surface area contributed by atoms with Crippen LogP contribution in [0.1, 0.15) is 28.7 Å². The molecule has 0 aliphatic heterocycles. The Kier molecular flexibility index (Phi) is 4.36. The molecule has 0 N–H and O–H groups in total. The second-order valence-electron chi connectivity index (χ2n) is 7.51. The summed E-state index contributed by atoms with van der Waals surface area (Å²) in [5.41, 5.74) is 7.95. The van der Waals surface area contributed by atoms with E-state index in [4.69, 9.17) is 0 Å². The molecule has 2 aromatic heterocycles. The van der Waals surface area contributed by atoms with Crippen molar-refractivity contribution in [3.63, 3.8) is 0 Å². The predicted octanol–water partition coefficient (Wildman–Crippen LogP) is 5.00. The first-order valence-corrected chi connectivity index (χ1v) is 9.97. The van der Waals surface area contributed by atoms with Crippen LogP contribution in [0, 0.1) is 0 Å². The number of rotatable bonds is 0. The van der Waals surface area contributed by atoms with Crippen molar-refractivity contribution in [3.05, 3.63) is 110 Å². The molecule has 0 radical (unpaired) electrons. The van der Waals surface area contributed by atoms with Gasteiger partial charge in [0.15, 0.2) is 0 Å². The highest BCUT2D eigenvalue weighted by atomic mass is 16.4. The van der Waals surface area contributed by atoms with Crippen LogP contribution in [0.25, 0.3) is 28.0 Å². The summed E-state index contributed by atoms with van der Waals surface area (Å²) >= 11 is 0. The molecule has 3 heteroatoms. The first-order valence-electron chi connectivity index (χ1n) is 9.97. The molecule has 0 amide bonds. The molecule has 0 unspecified atom stereocenters. The van der Waals surface area contributed by atoms with Gasteiger partial charge in [-0.05, 0) is 83.3 Å². The normalized spacial score (nSPS) is 13.8. The molecule has 0 spiro atoms. The van der Waals surface area contributed by atoms with Gasteiger partial charge in [0.25, 0.3) is 0 Å². The number of allylic oxidation sites excluding steroid dienone is 1. The minimum atomic E-state index is -0.574. The van der Waals surface area contributed by atoms with Crippen LogP contribution in [-0.4, -0.2) is 0 Å². The molecule has 2 heterocycles. The minimum absolute atomic E-state index is 0.416. The number of hydrogen-bond donors (Lipinski definition) is 0. The molecule has 2 aliphatic carbocycles. The van der Waals surface area contributed by atoms with Crippen LogP contribution in [0.4, 0.5) is 0 Å². The predicted molar refractivity (Wildman–Crippen MR) is 117 cm³/mol. The first kappa shape index (κ1) is 17.6. The quantitative estimate of drug-likeness (QED) is 0.431. The lowest BCUT2D eigenvalue weighted by Gasteiger charge is -2.25. The van der Waals surface area contributed by atoms with E-state index in [-0.39, 0.29) is 0 Å². The monoisotopic (exact) mass is 380 g/mol. The van der Waals surface area contributed by atoms with Gasteiger partial charge in [0.1, 0.15) is 0 Å². The molecule has 5 aromatic rings. The van der Waals surface area contributed by atoms with Gasteiger partial charge in [-0.15, -0.1) is 0 Å². The molecule has 0 fully saturated rings. The van der Waals surface area contributed by atoms with E-state index in [0.717, 1.165) is 0 Å². The molecule has 29 heavy (non-hydrogen) atoms. The summed E-state index contributed by atoms with van der Waals surface area (Å²) in [6.45, 7) is 0. The van der Waals surface area contributed by atoms with E-state index in [2.05, 4.69) is 53.0 Å². The summed E-state index contributed by atoms with van der Waals surface area (Å²) in [6, 6.07) is 19.8. The largest absolute Gasteiger partial charge is 0.386 e. The number of benzene rings is 3. The first-order chi connectivity index (χ1) is 14.2. The lowest BCUT2D eigenvalue weighted by atomic mass is 9.80. The molecule has 3 aromatic carbocycles. The second-order valence-corrected chi connectivity index (χ2v) is 7.51. The average Bonchev–Trinajstić information content (AvgIpc) is 3.00. The van der Waals surface area contributed by atoms with Crippen molar-refractivity contribution >= 4 is 16.8 Å². The van der Waals surface area contributed by atoms with Crippen LogP contribution in [0.5, 0.6) is 0 Å². The highest BCUT2D eigenvalue weighted by Gasteiger charge is 2.20. The van der Waals surface area contributed by atoms with Crippen LogP contribution in [0.2, 0.25) is 0 Å². The van der Waals surface area contributed by atoms with Crippen molar-refractivity contribution in [1.82, 2.24) is 0 Å². The topological polar surface area (TPSA) is 47.3 Å². The van der Waals surface area contributed by atoms with E-state index in [9.17, 15) is 9.59 Å². The van der Waals surface area contributed by atoms with Gasteiger partial charge in [0.2, 0.25) is 0 Å². The van der Waals surface area contributed by atoms with Crippen molar-refractivity contribution in [1.29, 1.82) is 0 Å². The Hall–Kier alpha value is -3.46. The molecule has 0 saturated heterocycles. The van der Waals surface area contributed by atoms with Crippen LogP contribution in [-0.2, 0) is 19.3 Å². The summed E-state index contributed by atoms with van der Waals surface area (Å²) in [7, 11) is 0. The Morgan fingerprint density at radius 1 is 0.655 bits per heavy atom. The molecule has 0 saturated carbocycles. The molecule has 142 valence electrons. The van der Waals surface area contributed by atoms with Crippen LogP contribution in [0.3, 0.4) is 0 Å². The molecule has 3 nitrogen and oxygen atoms in total. The fraction of sp³-hybridized carbons (Fsp3) is 0.154. The summed E-state index contributed by atoms with van der Waals surface area (Å²) in [6.07, 6.45) is 9.42. The Labute approximate surface area is 168 Å². The summed E-state index contributed by atoms with van der Waals surface area (Å²) in [5.74, 6) is 0. The number of fused-ring (bicyclic) bond motifs is 9. The standard InChI is InChI=1S/C18H16.C8H4O3/c1-3-7-15-13(5-1)9-11-18-16-8-4-2-6-14(16)10-12-17(15)18;9-7-5-1-2-6(4-3-5)8(10)11-7/h1-3,5-7,10,12H,4,8-9,11H2;1-4H. The van der Waals surface area contributed by atoms with Crippen molar-refractivity contribution in [3.8, 4) is 11.1 Å². The zero-order chi connectivity index (χ0) is 19.8. The third-order valence-electron chi connectivity index (χ3n) is 5.82. The van der Waals surface area contributed by atoms with Crippen LogP contribution >= 0.6 is 0 Å². The maximum atomic E-state index is 10.9. The SMILES string of the molecule is C1=Cc2ccc3c(c2CC1)CCc1ccccc1-3.O=c1oc(=O)c2ccc1cc2. The van der Waals surface area contributed by atoms with Gasteiger partial charge in [0.05, 0.1) is 10.8 Å². The van der Waals surface area contributed by atoms with Crippen molar-refractivity contribution in [2.24, 2.45) is 0 Å². The molecule has 2 aliphatic rings. The Morgan fingerprint density at radius 3 is 2.14 bits per heavy atom. The second kappa shape index (κ2) is 7.17. The zero-order valence-electron chi connectivity index (χ0n) is 16.0. The summed E-state index contributed by atoms with van der Waals surface area (Å²) in [5, 5.41) is 0.833. The molecule has 0 atom stereocenters. The van der Waals surface area contributed by atoms with Crippen LogP contribution in [0.15, 0.2) is 80.7 Å². The van der Waals surface area contributed by atoms with E-state index >= 15 is 0 Å². The maximum absolute atomic E-state index is 10.9. The van der Waals surface area contributed by atoms with Crippen molar-refractivity contribution < 1.29 is 4.42 Å². The van der Waals surface area contributed by atoms with Gasteiger partial charge < -0.3 is 4.42 Å². The zero-order valence-corrected chi connectivity index (χ0v) is 16.0. The lowest BCUT2D eigenvalue weighted by Crippen LogP contribution is -2.09. The van der Waals surface area contributed by atoms with Gasteiger partial charge in [-0.3, -0.25) is 0 Å². The molecular formula is C26H20O3. The number of aryl methyl sites for hydroxylation is 1. The van der Waals surface area contributed by atoms with E-state index in [1.165, 1.54) is 47.9 Å². The smallest absolute Gasteiger partial charge is 0.346 e. The maximum Gasteiger partial charge on any atom is 0.346 e. The van der Waals surface area contributed by atoms with Gasteiger partial charge in [-0.2, -0.15) is 0 Å². The van der Waals surface area contributed by atoms with E-state index in [0.29, 0.717) is 10.8 Å². The Balaban J connectivity index is 0.000000142. The highest BCUT2D eigenvalue weighted by molar-refractivity contribution is 5.77. The fourth-order valence-corrected chi connectivity index (χ4v) is 4.34. The van der Waals surface area contributed by atoms with Gasteiger partial charge in [-0.25, -0.2) is 9.59 Å². The third kappa shape index (κ3) is 3.19. The van der Waals surface area contributed by atoms with Gasteiger partial charge in [0, 0.05) is 0 Å². The van der Waals surface area contributed by atoms with Gasteiger partial charge >= 0.3 is 11.3 Å². The molecule has 7 rings (SSSR count). The molecular weight excluding hydrogens is 360 g/mol. The summed E-state index contributed by atoms with van der Waals surface area (Å²) < 4.78 is 4.42. The minimum Gasteiger partial charge on any atom is -0.386 e. The van der Waals surface area contributed by atoms with Gasteiger partial charge in [-0.1, -0.05) is 48.6 Å².